The Hall–Kier alpha value is -0.610. The van der Waals surface area contributed by atoms with Crippen LogP contribution in [0.3, 0.4) is 0 Å². The Bertz CT molecular complexity index is 245. The van der Waals surface area contributed by atoms with E-state index in [4.69, 9.17) is 5.84 Å². The molecule has 3 N–H and O–H groups in total. The van der Waals surface area contributed by atoms with Crippen molar-refractivity contribution in [3.8, 4) is 0 Å². The highest BCUT2D eigenvalue weighted by Crippen LogP contribution is 2.23. The largest absolute Gasteiger partial charge is 0.300 e. The molecule has 1 heterocycles. The van der Waals surface area contributed by atoms with Crippen LogP contribution in [0.25, 0.3) is 0 Å². The van der Waals surface area contributed by atoms with E-state index in [-0.39, 0.29) is 17.9 Å². The highest BCUT2D eigenvalue weighted by molar-refractivity contribution is 5.78. The predicted octanol–water partition coefficient (Wildman–Crippen LogP) is 1.51. The first-order chi connectivity index (χ1) is 8.10. The molecule has 0 saturated carbocycles. The summed E-state index contributed by atoms with van der Waals surface area (Å²) in [6.45, 7) is 8.58. The molecule has 0 aromatic rings. The van der Waals surface area contributed by atoms with Crippen LogP contribution in [0.15, 0.2) is 0 Å². The van der Waals surface area contributed by atoms with E-state index in [1.54, 1.807) is 0 Å². The SMILES string of the molecule is CCC1CCCN(C(C)C(C)C(=O)NN)CC1. The molecule has 1 fully saturated rings. The van der Waals surface area contributed by atoms with Gasteiger partial charge in [0, 0.05) is 6.04 Å². The fourth-order valence-corrected chi connectivity index (χ4v) is 2.67. The Morgan fingerprint density at radius 3 is 2.71 bits per heavy atom. The molecule has 3 atom stereocenters. The van der Waals surface area contributed by atoms with Gasteiger partial charge in [-0.1, -0.05) is 20.3 Å². The van der Waals surface area contributed by atoms with E-state index in [0.717, 1.165) is 19.0 Å². The third-order valence-corrected chi connectivity index (χ3v) is 4.32. The molecule has 1 amide bonds. The summed E-state index contributed by atoms with van der Waals surface area (Å²) >= 11 is 0. The standard InChI is InChI=1S/C13H27N3O/c1-4-12-6-5-8-16(9-7-12)11(3)10(2)13(17)15-14/h10-12H,4-9,14H2,1-3H3,(H,15,17). The summed E-state index contributed by atoms with van der Waals surface area (Å²) in [6.07, 6.45) is 5.12. The molecule has 100 valence electrons. The van der Waals surface area contributed by atoms with Crippen molar-refractivity contribution >= 4 is 5.91 Å². The summed E-state index contributed by atoms with van der Waals surface area (Å²) in [4.78, 5) is 14.0. The minimum absolute atomic E-state index is 0.0434. The molecule has 3 unspecified atom stereocenters. The van der Waals surface area contributed by atoms with Crippen molar-refractivity contribution in [2.75, 3.05) is 13.1 Å². The van der Waals surface area contributed by atoms with Gasteiger partial charge in [-0.15, -0.1) is 0 Å². The molecule has 1 aliphatic heterocycles. The van der Waals surface area contributed by atoms with E-state index in [2.05, 4.69) is 24.2 Å². The first-order valence-electron chi connectivity index (χ1n) is 6.84. The van der Waals surface area contributed by atoms with Crippen molar-refractivity contribution in [2.24, 2.45) is 17.7 Å². The average Bonchev–Trinajstić information content (AvgIpc) is 2.61. The van der Waals surface area contributed by atoms with Crippen LogP contribution in [0.5, 0.6) is 0 Å². The Morgan fingerprint density at radius 2 is 2.12 bits per heavy atom. The van der Waals surface area contributed by atoms with Crippen LogP contribution in [0.1, 0.15) is 46.5 Å². The second-order valence-electron chi connectivity index (χ2n) is 5.28. The number of nitrogens with two attached hydrogens (primary N) is 1. The van der Waals surface area contributed by atoms with Gasteiger partial charge < -0.3 is 0 Å². The summed E-state index contributed by atoms with van der Waals surface area (Å²) in [6, 6.07) is 0.272. The fraction of sp³-hybridized carbons (Fsp3) is 0.923. The first-order valence-corrected chi connectivity index (χ1v) is 6.84. The van der Waals surface area contributed by atoms with Gasteiger partial charge in [-0.05, 0) is 45.2 Å². The van der Waals surface area contributed by atoms with E-state index in [1.807, 2.05) is 6.92 Å². The Balaban J connectivity index is 2.51. The number of nitrogens with one attached hydrogen (secondary N) is 1. The van der Waals surface area contributed by atoms with Crippen LogP contribution in [0, 0.1) is 11.8 Å². The molecule has 4 nitrogen and oxygen atoms in total. The molecule has 0 radical (unpaired) electrons. The lowest BCUT2D eigenvalue weighted by atomic mass is 9.98. The fourth-order valence-electron chi connectivity index (χ4n) is 2.67. The maximum atomic E-state index is 11.5. The van der Waals surface area contributed by atoms with Gasteiger partial charge in [0.25, 0.3) is 0 Å². The lowest BCUT2D eigenvalue weighted by Gasteiger charge is -2.31. The summed E-state index contributed by atoms with van der Waals surface area (Å²) in [5.74, 6) is 5.96. The number of hydrogen-bond donors (Lipinski definition) is 2. The highest BCUT2D eigenvalue weighted by atomic mass is 16.2. The first kappa shape index (κ1) is 14.5. The zero-order chi connectivity index (χ0) is 12.8. The number of rotatable bonds is 4. The average molecular weight is 241 g/mol. The van der Waals surface area contributed by atoms with Crippen molar-refractivity contribution in [1.82, 2.24) is 10.3 Å². The third-order valence-electron chi connectivity index (χ3n) is 4.32. The number of hydrogen-bond acceptors (Lipinski definition) is 3. The van der Waals surface area contributed by atoms with Gasteiger partial charge in [0.15, 0.2) is 0 Å². The number of carbonyl (C=O) groups is 1. The minimum atomic E-state index is -0.0613. The van der Waals surface area contributed by atoms with Gasteiger partial charge in [0.05, 0.1) is 5.92 Å². The summed E-state index contributed by atoms with van der Waals surface area (Å²) in [5, 5.41) is 0. The topological polar surface area (TPSA) is 58.4 Å². The molecule has 0 aliphatic carbocycles. The van der Waals surface area contributed by atoms with Crippen LogP contribution >= 0.6 is 0 Å². The van der Waals surface area contributed by atoms with Crippen LogP contribution in [0.2, 0.25) is 0 Å². The summed E-state index contributed by atoms with van der Waals surface area (Å²) in [5.41, 5.74) is 2.25. The third kappa shape index (κ3) is 3.96. The second kappa shape index (κ2) is 6.97. The van der Waals surface area contributed by atoms with Crippen molar-refractivity contribution in [3.63, 3.8) is 0 Å². The van der Waals surface area contributed by atoms with E-state index in [0.29, 0.717) is 0 Å². The molecular weight excluding hydrogens is 214 g/mol. The lowest BCUT2D eigenvalue weighted by Crippen LogP contribution is -2.46. The molecule has 0 bridgehead atoms. The lowest BCUT2D eigenvalue weighted by molar-refractivity contribution is -0.126. The van der Waals surface area contributed by atoms with Crippen molar-refractivity contribution < 1.29 is 4.79 Å². The van der Waals surface area contributed by atoms with E-state index < -0.39 is 0 Å². The van der Waals surface area contributed by atoms with Crippen LogP contribution in [-0.2, 0) is 4.79 Å². The predicted molar refractivity (Wildman–Crippen MR) is 70.2 cm³/mol. The second-order valence-corrected chi connectivity index (χ2v) is 5.28. The number of nitrogens with zero attached hydrogens (tertiary/aromatic N) is 1. The Kier molecular flexibility index (Phi) is 5.92. The highest BCUT2D eigenvalue weighted by Gasteiger charge is 2.26. The molecule has 1 saturated heterocycles. The van der Waals surface area contributed by atoms with Gasteiger partial charge in [-0.2, -0.15) is 0 Å². The van der Waals surface area contributed by atoms with Crippen molar-refractivity contribution in [2.45, 2.75) is 52.5 Å². The van der Waals surface area contributed by atoms with Gasteiger partial charge >= 0.3 is 0 Å². The molecule has 0 spiro atoms. The number of carbonyl (C=O) groups excluding carboxylic acids is 1. The van der Waals surface area contributed by atoms with Crippen LogP contribution in [0.4, 0.5) is 0 Å². The molecule has 1 aliphatic rings. The minimum Gasteiger partial charge on any atom is -0.300 e. The van der Waals surface area contributed by atoms with Crippen molar-refractivity contribution in [3.05, 3.63) is 0 Å². The summed E-state index contributed by atoms with van der Waals surface area (Å²) in [7, 11) is 0. The molecule has 4 heteroatoms. The van der Waals surface area contributed by atoms with E-state index in [1.165, 1.54) is 25.7 Å². The quantitative estimate of drug-likeness (QED) is 0.445. The molecular formula is C13H27N3O. The number of likely N-dealkylation sites (tertiary alicyclic amines) is 1. The number of amides is 1. The number of hydrazine groups is 1. The van der Waals surface area contributed by atoms with Gasteiger partial charge in [-0.3, -0.25) is 15.1 Å². The maximum Gasteiger partial charge on any atom is 0.238 e. The smallest absolute Gasteiger partial charge is 0.238 e. The molecule has 17 heavy (non-hydrogen) atoms. The maximum absolute atomic E-state index is 11.5. The van der Waals surface area contributed by atoms with Gasteiger partial charge in [-0.25, -0.2) is 5.84 Å². The summed E-state index contributed by atoms with van der Waals surface area (Å²) < 4.78 is 0. The van der Waals surface area contributed by atoms with Crippen LogP contribution in [-0.4, -0.2) is 29.9 Å². The molecule has 0 aromatic carbocycles. The Labute approximate surface area is 105 Å². The molecule has 1 rings (SSSR count). The molecule has 0 aromatic heterocycles. The van der Waals surface area contributed by atoms with Gasteiger partial charge in [0.2, 0.25) is 5.91 Å². The Morgan fingerprint density at radius 1 is 1.41 bits per heavy atom. The van der Waals surface area contributed by atoms with E-state index >= 15 is 0 Å². The van der Waals surface area contributed by atoms with Crippen LogP contribution < -0.4 is 11.3 Å². The monoisotopic (exact) mass is 241 g/mol. The zero-order valence-corrected chi connectivity index (χ0v) is 11.4. The zero-order valence-electron chi connectivity index (χ0n) is 11.4. The van der Waals surface area contributed by atoms with Gasteiger partial charge in [0.1, 0.15) is 0 Å². The normalized spacial score (nSPS) is 26.0. The van der Waals surface area contributed by atoms with E-state index in [9.17, 15) is 4.79 Å². The van der Waals surface area contributed by atoms with Crippen molar-refractivity contribution in [1.29, 1.82) is 0 Å².